The zero-order valence-corrected chi connectivity index (χ0v) is 22.0. The van der Waals surface area contributed by atoms with Crippen molar-refractivity contribution < 1.29 is 27.8 Å². The van der Waals surface area contributed by atoms with Crippen LogP contribution in [-0.4, -0.2) is 47.1 Å². The molecule has 3 aromatic rings. The van der Waals surface area contributed by atoms with Crippen molar-refractivity contribution in [3.8, 4) is 0 Å². The van der Waals surface area contributed by atoms with Crippen molar-refractivity contribution in [2.75, 3.05) is 30.5 Å². The number of nitrogens with one attached hydrogen (secondary N) is 1. The van der Waals surface area contributed by atoms with Crippen LogP contribution in [-0.2, 0) is 20.9 Å². The summed E-state index contributed by atoms with van der Waals surface area (Å²) in [6, 6.07) is 6.85. The topological polar surface area (TPSA) is 87.6 Å². The number of halogens is 3. The molecule has 3 heterocycles. The van der Waals surface area contributed by atoms with Crippen molar-refractivity contribution in [2.45, 2.75) is 63.5 Å². The van der Waals surface area contributed by atoms with Gasteiger partial charge in [-0.25, -0.2) is 4.39 Å². The Balaban J connectivity index is 1.57. The number of aromatic nitrogens is 2. The highest BCUT2D eigenvalue weighted by Gasteiger charge is 2.51. The van der Waals surface area contributed by atoms with E-state index in [2.05, 4.69) is 15.5 Å². The van der Waals surface area contributed by atoms with E-state index in [0.29, 0.717) is 43.0 Å². The van der Waals surface area contributed by atoms with E-state index in [9.17, 15) is 18.7 Å². The Labute approximate surface area is 219 Å². The summed E-state index contributed by atoms with van der Waals surface area (Å²) in [6.45, 7) is 6.36. The van der Waals surface area contributed by atoms with Gasteiger partial charge in [0.25, 0.3) is 0 Å². The first kappa shape index (κ1) is 26.4. The molecule has 1 saturated heterocycles. The van der Waals surface area contributed by atoms with E-state index in [1.807, 2.05) is 19.1 Å². The number of carbonyl (C=O) groups is 1. The lowest BCUT2D eigenvalue weighted by molar-refractivity contribution is -0.170. The van der Waals surface area contributed by atoms with Gasteiger partial charge < -0.3 is 20.1 Å². The number of likely N-dealkylation sites (N-methyl/N-ethyl adjacent to an activating group) is 1. The second-order valence-electron chi connectivity index (χ2n) is 10.8. The number of anilines is 2. The molecular formula is C28H31F3N4O3. The van der Waals surface area contributed by atoms with Crippen LogP contribution in [0, 0.1) is 12.7 Å². The Hall–Kier alpha value is -3.24. The summed E-state index contributed by atoms with van der Waals surface area (Å²) in [4.78, 5) is 15.0. The monoisotopic (exact) mass is 528 g/mol. The van der Waals surface area contributed by atoms with Crippen molar-refractivity contribution in [3.05, 3.63) is 58.5 Å². The summed E-state index contributed by atoms with van der Waals surface area (Å²) in [7, 11) is 1.75. The van der Waals surface area contributed by atoms with E-state index in [-0.39, 0.29) is 11.5 Å². The van der Waals surface area contributed by atoms with Gasteiger partial charge in [-0.15, -0.1) is 5.10 Å². The maximum atomic E-state index is 15.4. The molecule has 38 heavy (non-hydrogen) atoms. The lowest BCUT2D eigenvalue weighted by atomic mass is 9.74. The summed E-state index contributed by atoms with van der Waals surface area (Å²) in [5.74, 6) is -4.54. The van der Waals surface area contributed by atoms with E-state index >= 15 is 4.39 Å². The second-order valence-corrected chi connectivity index (χ2v) is 10.8. The van der Waals surface area contributed by atoms with Crippen LogP contribution in [0.5, 0.6) is 0 Å². The SMILES string of the molecule is Cc1nnc(NC(C)c2cccc(C(F)(F)C(C)(C)O)c2F)c2cc3c(cc12)C1(CCOCC1)C(=O)N3C. The number of aliphatic hydroxyl groups is 1. The predicted molar refractivity (Wildman–Crippen MR) is 138 cm³/mol. The molecule has 202 valence electrons. The quantitative estimate of drug-likeness (QED) is 0.477. The van der Waals surface area contributed by atoms with Crippen molar-refractivity contribution >= 4 is 28.2 Å². The number of carbonyl (C=O) groups excluding carboxylic acids is 1. The van der Waals surface area contributed by atoms with Crippen LogP contribution >= 0.6 is 0 Å². The van der Waals surface area contributed by atoms with Crippen LogP contribution in [0.3, 0.4) is 0 Å². The number of fused-ring (bicyclic) bond motifs is 3. The van der Waals surface area contributed by atoms with Gasteiger partial charge in [0, 0.05) is 42.3 Å². The number of hydrogen-bond donors (Lipinski definition) is 2. The summed E-state index contributed by atoms with van der Waals surface area (Å²) < 4.78 is 50.6. The molecular weight excluding hydrogens is 497 g/mol. The van der Waals surface area contributed by atoms with E-state index < -0.39 is 34.4 Å². The molecule has 1 aromatic heterocycles. The smallest absolute Gasteiger partial charge is 0.303 e. The first-order valence-electron chi connectivity index (χ1n) is 12.6. The maximum absolute atomic E-state index is 15.4. The highest BCUT2D eigenvalue weighted by molar-refractivity contribution is 6.11. The van der Waals surface area contributed by atoms with Gasteiger partial charge >= 0.3 is 5.92 Å². The van der Waals surface area contributed by atoms with Crippen molar-refractivity contribution in [1.82, 2.24) is 10.2 Å². The lowest BCUT2D eigenvalue weighted by Gasteiger charge is -2.32. The Morgan fingerprint density at radius 3 is 2.50 bits per heavy atom. The molecule has 2 N–H and O–H groups in total. The predicted octanol–water partition coefficient (Wildman–Crippen LogP) is 5.14. The van der Waals surface area contributed by atoms with E-state index in [1.165, 1.54) is 12.1 Å². The molecule has 5 rings (SSSR count). The van der Waals surface area contributed by atoms with Crippen molar-refractivity contribution in [1.29, 1.82) is 0 Å². The third-order valence-corrected chi connectivity index (χ3v) is 7.97. The zero-order chi connectivity index (χ0) is 27.6. The first-order valence-corrected chi connectivity index (χ1v) is 12.6. The molecule has 10 heteroatoms. The molecule has 1 fully saturated rings. The van der Waals surface area contributed by atoms with Gasteiger partial charge in [0.1, 0.15) is 11.4 Å². The minimum absolute atomic E-state index is 0.00318. The van der Waals surface area contributed by atoms with Gasteiger partial charge in [-0.05, 0) is 64.3 Å². The minimum atomic E-state index is -3.80. The fourth-order valence-corrected chi connectivity index (χ4v) is 5.57. The zero-order valence-electron chi connectivity index (χ0n) is 22.0. The third-order valence-electron chi connectivity index (χ3n) is 7.97. The van der Waals surface area contributed by atoms with Gasteiger partial charge in [-0.2, -0.15) is 13.9 Å². The summed E-state index contributed by atoms with van der Waals surface area (Å²) in [5, 5.41) is 23.1. The number of hydrogen-bond acceptors (Lipinski definition) is 6. The molecule has 0 bridgehead atoms. The molecule has 1 spiro atoms. The standard InChI is InChI=1S/C28H31F3N4O3/c1-15(17-7-6-8-20(23(17)29)28(30,31)26(3,4)37)32-24-19-14-22-21(13-18(19)16(2)33-34-24)27(25(36)35(22)5)9-11-38-12-10-27/h6-8,13-15,37H,9-12H2,1-5H3,(H,32,34). The first-order chi connectivity index (χ1) is 17.8. The lowest BCUT2D eigenvalue weighted by Crippen LogP contribution is -2.42. The van der Waals surface area contributed by atoms with E-state index in [4.69, 9.17) is 4.74 Å². The molecule has 1 unspecified atom stereocenters. The molecule has 0 saturated carbocycles. The number of nitrogens with zero attached hydrogens (tertiary/aromatic N) is 3. The van der Waals surface area contributed by atoms with Gasteiger partial charge in [-0.3, -0.25) is 4.79 Å². The molecule has 7 nitrogen and oxygen atoms in total. The van der Waals surface area contributed by atoms with Crippen LogP contribution in [0.15, 0.2) is 30.3 Å². The fraction of sp³-hybridized carbons (Fsp3) is 0.464. The molecule has 2 aromatic carbocycles. The average molecular weight is 529 g/mol. The van der Waals surface area contributed by atoms with Crippen LogP contribution < -0.4 is 10.2 Å². The highest BCUT2D eigenvalue weighted by atomic mass is 19.3. The molecule has 0 aliphatic carbocycles. The number of rotatable bonds is 5. The molecule has 2 aliphatic heterocycles. The molecule has 0 radical (unpaired) electrons. The number of amides is 1. The van der Waals surface area contributed by atoms with Gasteiger partial charge in [0.05, 0.1) is 22.7 Å². The van der Waals surface area contributed by atoms with Crippen molar-refractivity contribution in [2.24, 2.45) is 0 Å². The van der Waals surface area contributed by atoms with Crippen LogP contribution in [0.1, 0.15) is 62.0 Å². The molecule has 2 aliphatic rings. The second kappa shape index (κ2) is 8.91. The highest BCUT2D eigenvalue weighted by Crippen LogP contribution is 2.49. The van der Waals surface area contributed by atoms with E-state index in [0.717, 1.165) is 36.6 Å². The fourth-order valence-electron chi connectivity index (χ4n) is 5.57. The van der Waals surface area contributed by atoms with Gasteiger partial charge in [0.15, 0.2) is 5.82 Å². The van der Waals surface area contributed by atoms with Gasteiger partial charge in [0.2, 0.25) is 5.91 Å². The van der Waals surface area contributed by atoms with Crippen molar-refractivity contribution in [3.63, 3.8) is 0 Å². The number of alkyl halides is 2. The third kappa shape index (κ3) is 3.84. The molecule has 1 amide bonds. The summed E-state index contributed by atoms with van der Waals surface area (Å²) >= 11 is 0. The van der Waals surface area contributed by atoms with Gasteiger partial charge in [-0.1, -0.05) is 12.1 Å². The Morgan fingerprint density at radius 2 is 1.84 bits per heavy atom. The van der Waals surface area contributed by atoms with E-state index in [1.54, 1.807) is 18.9 Å². The number of benzene rings is 2. The summed E-state index contributed by atoms with van der Waals surface area (Å²) in [5.41, 5.74) is -1.60. The number of ether oxygens (including phenoxy) is 1. The Morgan fingerprint density at radius 1 is 1.16 bits per heavy atom. The maximum Gasteiger partial charge on any atom is 0.303 e. The molecule has 1 atom stereocenters. The Bertz CT molecular complexity index is 1430. The average Bonchev–Trinajstić information content (AvgIpc) is 3.06. The number of aryl methyl sites for hydroxylation is 1. The largest absolute Gasteiger partial charge is 0.384 e. The summed E-state index contributed by atoms with van der Waals surface area (Å²) in [6.07, 6.45) is 1.19. The van der Waals surface area contributed by atoms with Crippen LogP contribution in [0.4, 0.5) is 24.7 Å². The minimum Gasteiger partial charge on any atom is -0.384 e. The Kier molecular flexibility index (Phi) is 6.18. The van der Waals surface area contributed by atoms with Crippen LogP contribution in [0.2, 0.25) is 0 Å². The van der Waals surface area contributed by atoms with Crippen LogP contribution in [0.25, 0.3) is 10.8 Å². The normalized spacial score (nSPS) is 18.2.